The zero-order chi connectivity index (χ0) is 15.3. The molecule has 1 aromatic rings. The molecular formula is C12H13FN2O4S. The Balaban J connectivity index is 3.11. The third-order valence-corrected chi connectivity index (χ3v) is 4.01. The molecule has 0 aliphatic rings. The van der Waals surface area contributed by atoms with E-state index in [0.29, 0.717) is 6.42 Å². The second-order valence-electron chi connectivity index (χ2n) is 4.05. The molecule has 108 valence electrons. The summed E-state index contributed by atoms with van der Waals surface area (Å²) in [4.78, 5) is 10.6. The van der Waals surface area contributed by atoms with E-state index in [4.69, 9.17) is 10.4 Å². The average Bonchev–Trinajstić information content (AvgIpc) is 2.38. The van der Waals surface area contributed by atoms with Gasteiger partial charge in [-0.1, -0.05) is 13.3 Å². The van der Waals surface area contributed by atoms with E-state index in [-0.39, 0.29) is 11.3 Å². The Morgan fingerprint density at radius 2 is 2.20 bits per heavy atom. The maximum atomic E-state index is 13.1. The molecular weight excluding hydrogens is 287 g/mol. The van der Waals surface area contributed by atoms with E-state index in [0.717, 1.165) is 18.2 Å². The van der Waals surface area contributed by atoms with Crippen molar-refractivity contribution in [3.8, 4) is 6.07 Å². The van der Waals surface area contributed by atoms with E-state index < -0.39 is 33.4 Å². The van der Waals surface area contributed by atoms with Crippen LogP contribution < -0.4 is 4.72 Å². The first kappa shape index (κ1) is 16.1. The number of rotatable bonds is 6. The van der Waals surface area contributed by atoms with E-state index >= 15 is 0 Å². The molecule has 0 saturated carbocycles. The quantitative estimate of drug-likeness (QED) is 0.821. The molecule has 0 unspecified atom stereocenters. The van der Waals surface area contributed by atoms with Gasteiger partial charge in [-0.05, 0) is 24.6 Å². The Hall–Kier alpha value is -1.98. The van der Waals surface area contributed by atoms with Crippen LogP contribution in [-0.2, 0) is 14.8 Å². The van der Waals surface area contributed by atoms with E-state index in [1.807, 2.05) is 4.72 Å². The maximum absolute atomic E-state index is 13.1. The van der Waals surface area contributed by atoms with Gasteiger partial charge in [0.15, 0.2) is 0 Å². The SMILES string of the molecule is CCC[C@H](NS(=O)(=O)c1ccc(F)c(C#N)c1)C(=O)O. The lowest BCUT2D eigenvalue weighted by Gasteiger charge is -2.14. The summed E-state index contributed by atoms with van der Waals surface area (Å²) < 4.78 is 39.1. The maximum Gasteiger partial charge on any atom is 0.321 e. The highest BCUT2D eigenvalue weighted by Gasteiger charge is 2.25. The lowest BCUT2D eigenvalue weighted by molar-refractivity contribution is -0.139. The second-order valence-corrected chi connectivity index (χ2v) is 5.77. The summed E-state index contributed by atoms with van der Waals surface area (Å²) in [6, 6.07) is 2.95. The van der Waals surface area contributed by atoms with Gasteiger partial charge in [-0.2, -0.15) is 9.98 Å². The molecule has 0 radical (unpaired) electrons. The summed E-state index contributed by atoms with van der Waals surface area (Å²) in [5, 5.41) is 17.6. The Labute approximate surface area is 115 Å². The number of carbonyl (C=O) groups is 1. The van der Waals surface area contributed by atoms with Crippen molar-refractivity contribution in [2.75, 3.05) is 0 Å². The fourth-order valence-electron chi connectivity index (χ4n) is 1.53. The van der Waals surface area contributed by atoms with Crippen molar-refractivity contribution in [2.45, 2.75) is 30.7 Å². The predicted octanol–water partition coefficient (Wildman–Crippen LogP) is 1.23. The Kier molecular flexibility index (Phi) is 5.19. The number of hydrogen-bond donors (Lipinski definition) is 2. The minimum atomic E-state index is -4.12. The van der Waals surface area contributed by atoms with Crippen LogP contribution in [0.3, 0.4) is 0 Å². The first-order valence-electron chi connectivity index (χ1n) is 5.76. The number of nitriles is 1. The van der Waals surface area contributed by atoms with Gasteiger partial charge in [-0.25, -0.2) is 12.8 Å². The van der Waals surface area contributed by atoms with Gasteiger partial charge < -0.3 is 5.11 Å². The molecule has 0 aliphatic carbocycles. The molecule has 2 N–H and O–H groups in total. The van der Waals surface area contributed by atoms with Gasteiger partial charge >= 0.3 is 5.97 Å². The van der Waals surface area contributed by atoms with Crippen molar-refractivity contribution < 1.29 is 22.7 Å². The molecule has 0 saturated heterocycles. The van der Waals surface area contributed by atoms with Crippen molar-refractivity contribution in [2.24, 2.45) is 0 Å². The molecule has 1 rings (SSSR count). The summed E-state index contributed by atoms with van der Waals surface area (Å²) in [5.41, 5.74) is -0.421. The Bertz CT molecular complexity index is 652. The minimum absolute atomic E-state index is 0.126. The largest absolute Gasteiger partial charge is 0.480 e. The first-order valence-corrected chi connectivity index (χ1v) is 7.25. The molecule has 1 aromatic carbocycles. The standard InChI is InChI=1S/C12H13FN2O4S/c1-2-3-11(12(16)17)15-20(18,19)9-4-5-10(13)8(6-9)7-14/h4-6,11,15H,2-3H2,1H3,(H,16,17)/t11-/m0/s1. The minimum Gasteiger partial charge on any atom is -0.480 e. The fourth-order valence-corrected chi connectivity index (χ4v) is 2.78. The molecule has 1 atom stereocenters. The van der Waals surface area contributed by atoms with Gasteiger partial charge in [-0.3, -0.25) is 4.79 Å². The van der Waals surface area contributed by atoms with Crippen LogP contribution >= 0.6 is 0 Å². The van der Waals surface area contributed by atoms with Crippen molar-refractivity contribution in [1.29, 1.82) is 5.26 Å². The van der Waals surface area contributed by atoms with E-state index in [2.05, 4.69) is 0 Å². The molecule has 0 aliphatic heterocycles. The lowest BCUT2D eigenvalue weighted by Crippen LogP contribution is -2.40. The molecule has 20 heavy (non-hydrogen) atoms. The van der Waals surface area contributed by atoms with Crippen molar-refractivity contribution in [3.05, 3.63) is 29.6 Å². The molecule has 0 aromatic heterocycles. The molecule has 0 spiro atoms. The summed E-state index contributed by atoms with van der Waals surface area (Å²) in [6.07, 6.45) is 0.604. The Morgan fingerprint density at radius 1 is 1.55 bits per heavy atom. The number of carboxylic acids is 1. The smallest absolute Gasteiger partial charge is 0.321 e. The molecule has 0 bridgehead atoms. The summed E-state index contributed by atoms with van der Waals surface area (Å²) in [5.74, 6) is -2.13. The number of carboxylic acid groups (broad SMARTS) is 1. The third-order valence-electron chi connectivity index (χ3n) is 2.54. The van der Waals surface area contributed by atoms with Crippen LogP contribution in [0.5, 0.6) is 0 Å². The molecule has 0 heterocycles. The number of hydrogen-bond acceptors (Lipinski definition) is 4. The summed E-state index contributed by atoms with van der Waals surface area (Å²) in [6.45, 7) is 1.72. The van der Waals surface area contributed by atoms with Crippen LogP contribution in [0.2, 0.25) is 0 Å². The van der Waals surface area contributed by atoms with Gasteiger partial charge in [0.2, 0.25) is 10.0 Å². The molecule has 0 amide bonds. The van der Waals surface area contributed by atoms with E-state index in [9.17, 15) is 17.6 Å². The van der Waals surface area contributed by atoms with Crippen molar-refractivity contribution in [1.82, 2.24) is 4.72 Å². The van der Waals surface area contributed by atoms with Gasteiger partial charge in [0.05, 0.1) is 10.5 Å². The van der Waals surface area contributed by atoms with Crippen LogP contribution in [0.1, 0.15) is 25.3 Å². The molecule has 0 fully saturated rings. The average molecular weight is 300 g/mol. The van der Waals surface area contributed by atoms with Crippen LogP contribution in [0.15, 0.2) is 23.1 Å². The monoisotopic (exact) mass is 300 g/mol. The number of aliphatic carboxylic acids is 1. The highest BCUT2D eigenvalue weighted by Crippen LogP contribution is 2.15. The third kappa shape index (κ3) is 3.76. The predicted molar refractivity (Wildman–Crippen MR) is 67.8 cm³/mol. The fraction of sp³-hybridized carbons (Fsp3) is 0.333. The van der Waals surface area contributed by atoms with Gasteiger partial charge in [0.25, 0.3) is 0 Å². The first-order chi connectivity index (χ1) is 9.31. The summed E-state index contributed by atoms with van der Waals surface area (Å²) in [7, 11) is -4.12. The van der Waals surface area contributed by atoms with E-state index in [1.54, 1.807) is 6.92 Å². The van der Waals surface area contributed by atoms with Crippen molar-refractivity contribution in [3.63, 3.8) is 0 Å². The number of sulfonamides is 1. The highest BCUT2D eigenvalue weighted by atomic mass is 32.2. The highest BCUT2D eigenvalue weighted by molar-refractivity contribution is 7.89. The second kappa shape index (κ2) is 6.45. The van der Waals surface area contributed by atoms with Crippen LogP contribution in [0.4, 0.5) is 4.39 Å². The lowest BCUT2D eigenvalue weighted by atomic mass is 10.2. The molecule has 8 heteroatoms. The number of nitrogens with zero attached hydrogens (tertiary/aromatic N) is 1. The van der Waals surface area contributed by atoms with Crippen LogP contribution in [-0.4, -0.2) is 25.5 Å². The van der Waals surface area contributed by atoms with Gasteiger partial charge in [0.1, 0.15) is 17.9 Å². The normalized spacial score (nSPS) is 12.7. The Morgan fingerprint density at radius 3 is 2.70 bits per heavy atom. The van der Waals surface area contributed by atoms with Crippen LogP contribution in [0.25, 0.3) is 0 Å². The zero-order valence-electron chi connectivity index (χ0n) is 10.6. The number of nitrogens with one attached hydrogen (secondary N) is 1. The van der Waals surface area contributed by atoms with Gasteiger partial charge in [-0.15, -0.1) is 0 Å². The molecule has 6 nitrogen and oxygen atoms in total. The van der Waals surface area contributed by atoms with Crippen molar-refractivity contribution >= 4 is 16.0 Å². The topological polar surface area (TPSA) is 107 Å². The summed E-state index contributed by atoms with van der Waals surface area (Å²) >= 11 is 0. The number of benzene rings is 1. The van der Waals surface area contributed by atoms with Crippen LogP contribution in [0, 0.1) is 17.1 Å². The van der Waals surface area contributed by atoms with Gasteiger partial charge in [0, 0.05) is 0 Å². The van der Waals surface area contributed by atoms with E-state index in [1.165, 1.54) is 6.07 Å². The number of halogens is 1. The zero-order valence-corrected chi connectivity index (χ0v) is 11.4.